The summed E-state index contributed by atoms with van der Waals surface area (Å²) < 4.78 is 12.3. The maximum atomic E-state index is 12.6. The predicted molar refractivity (Wildman–Crippen MR) is 104 cm³/mol. The van der Waals surface area contributed by atoms with Crippen LogP contribution in [0.25, 0.3) is 23.4 Å². The zero-order valence-electron chi connectivity index (χ0n) is 16.1. The van der Waals surface area contributed by atoms with Gasteiger partial charge in [0.15, 0.2) is 6.29 Å². The molecular weight excluding hydrogens is 346 g/mol. The van der Waals surface area contributed by atoms with Crippen LogP contribution in [0.1, 0.15) is 10.4 Å². The smallest absolute Gasteiger partial charge is 0.259 e. The van der Waals surface area contributed by atoms with E-state index in [1.807, 2.05) is 25.1 Å². The Morgan fingerprint density at radius 1 is 1.15 bits per heavy atom. The van der Waals surface area contributed by atoms with E-state index in [1.165, 1.54) is 14.2 Å². The van der Waals surface area contributed by atoms with Crippen molar-refractivity contribution in [1.82, 2.24) is 14.8 Å². The number of rotatable bonds is 5. The number of hydrogen-bond donors (Lipinski definition) is 1. The predicted octanol–water partition coefficient (Wildman–Crippen LogP) is -0.109. The fraction of sp³-hybridized carbons (Fsp3) is 0.300. The minimum atomic E-state index is -0.0850. The van der Waals surface area contributed by atoms with Crippen LogP contribution >= 0.6 is 0 Å². The Bertz CT molecular complexity index is 1040. The second-order valence-electron chi connectivity index (χ2n) is 6.58. The first-order valence-electron chi connectivity index (χ1n) is 8.47. The van der Waals surface area contributed by atoms with E-state index in [0.29, 0.717) is 28.6 Å². The highest BCUT2D eigenvalue weighted by Gasteiger charge is 2.17. The Hall–Kier alpha value is -3.06. The molecule has 27 heavy (non-hydrogen) atoms. The summed E-state index contributed by atoms with van der Waals surface area (Å²) in [7, 11) is 8.64. The number of methoxy groups -OCH3 is 2. The van der Waals surface area contributed by atoms with E-state index < -0.39 is 0 Å². The maximum Gasteiger partial charge on any atom is 0.259 e. The zero-order valence-corrected chi connectivity index (χ0v) is 16.1. The molecule has 0 saturated heterocycles. The number of nitrogens with one attached hydrogen (secondary N) is 1. The average molecular weight is 369 g/mol. The second kappa shape index (κ2) is 7.28. The number of nitrogens with zero attached hydrogens (tertiary/aromatic N) is 2. The van der Waals surface area contributed by atoms with Gasteiger partial charge in [0.05, 0.1) is 31.2 Å². The molecule has 0 fully saturated rings. The molecule has 0 radical (unpaired) electrons. The maximum absolute atomic E-state index is 12.6. The number of aromatic nitrogens is 1. The molecule has 1 aliphatic rings. The molecule has 1 aliphatic heterocycles. The first-order valence-corrected chi connectivity index (χ1v) is 8.47. The molecule has 0 amide bonds. The topological polar surface area (TPSA) is 72.8 Å². The van der Waals surface area contributed by atoms with Gasteiger partial charge in [0, 0.05) is 25.0 Å². The summed E-state index contributed by atoms with van der Waals surface area (Å²) >= 11 is 0. The molecule has 0 bridgehead atoms. The first-order chi connectivity index (χ1) is 12.9. The summed E-state index contributed by atoms with van der Waals surface area (Å²) in [6.45, 7) is 0. The summed E-state index contributed by atoms with van der Waals surface area (Å²) in [4.78, 5) is 26.0. The number of fused-ring (bicyclic) bond motifs is 1. The van der Waals surface area contributed by atoms with E-state index in [-0.39, 0.29) is 11.7 Å². The lowest BCUT2D eigenvalue weighted by Crippen LogP contribution is -2.53. The molecule has 1 aromatic carbocycles. The van der Waals surface area contributed by atoms with Gasteiger partial charge in [-0.15, -0.1) is 0 Å². The van der Waals surface area contributed by atoms with Crippen LogP contribution in [0.4, 0.5) is 0 Å². The van der Waals surface area contributed by atoms with Crippen molar-refractivity contribution >= 4 is 18.6 Å². The molecule has 1 aromatic heterocycles. The lowest BCUT2D eigenvalue weighted by molar-refractivity contribution is 0.111. The fourth-order valence-electron chi connectivity index (χ4n) is 3.20. The fourth-order valence-corrected chi connectivity index (χ4v) is 3.20. The van der Waals surface area contributed by atoms with Crippen LogP contribution < -0.4 is 30.8 Å². The number of aldehydes is 1. The number of aryl methyl sites for hydroxylation is 1. The highest BCUT2D eigenvalue weighted by atomic mass is 16.5. The molecule has 7 nitrogen and oxygen atoms in total. The van der Waals surface area contributed by atoms with Crippen molar-refractivity contribution in [2.45, 2.75) is 6.17 Å². The Morgan fingerprint density at radius 2 is 1.78 bits per heavy atom. The van der Waals surface area contributed by atoms with Crippen LogP contribution in [-0.4, -0.2) is 50.2 Å². The lowest BCUT2D eigenvalue weighted by atomic mass is 9.99. The highest BCUT2D eigenvalue weighted by Crippen LogP contribution is 2.32. The van der Waals surface area contributed by atoms with Crippen LogP contribution in [0.3, 0.4) is 0 Å². The zero-order chi connectivity index (χ0) is 19.7. The number of hydrogen-bond acceptors (Lipinski definition) is 6. The summed E-state index contributed by atoms with van der Waals surface area (Å²) in [5, 5.41) is 4.64. The molecule has 0 saturated carbocycles. The summed E-state index contributed by atoms with van der Waals surface area (Å²) in [5.74, 6) is 0.841. The van der Waals surface area contributed by atoms with Gasteiger partial charge >= 0.3 is 0 Å². The van der Waals surface area contributed by atoms with Gasteiger partial charge in [-0.05, 0) is 43.1 Å². The van der Waals surface area contributed by atoms with Crippen molar-refractivity contribution in [2.24, 2.45) is 7.05 Å². The standard InChI is InChI=1S/C20H23N3O4/c1-22(2)19-8-13-14(9-21-19)20(25)23(3)10-15(13)12-6-17(26-4)16(11-24)18(7-12)27-5/h6-11,19,21H,1-5H3. The van der Waals surface area contributed by atoms with Crippen LogP contribution in [0.15, 0.2) is 23.1 Å². The normalized spacial score (nSPS) is 15.3. The lowest BCUT2D eigenvalue weighted by Gasteiger charge is -2.24. The molecule has 7 heteroatoms. The summed E-state index contributed by atoms with van der Waals surface area (Å²) in [6.07, 6.45) is 6.22. The third kappa shape index (κ3) is 3.21. The van der Waals surface area contributed by atoms with Gasteiger partial charge in [-0.1, -0.05) is 0 Å². The third-order valence-electron chi connectivity index (χ3n) is 4.71. The monoisotopic (exact) mass is 369 g/mol. The number of carbonyl (C=O) groups is 1. The molecule has 1 atom stereocenters. The Kier molecular flexibility index (Phi) is 5.05. The van der Waals surface area contributed by atoms with Gasteiger partial charge in [0.25, 0.3) is 5.56 Å². The molecule has 0 spiro atoms. The molecule has 2 heterocycles. The Morgan fingerprint density at radius 3 is 2.30 bits per heavy atom. The minimum absolute atomic E-state index is 0.0404. The van der Waals surface area contributed by atoms with Crippen molar-refractivity contribution < 1.29 is 14.3 Å². The largest absolute Gasteiger partial charge is 0.496 e. The minimum Gasteiger partial charge on any atom is -0.496 e. The molecule has 2 aromatic rings. The quantitative estimate of drug-likeness (QED) is 0.742. The van der Waals surface area contributed by atoms with Crippen molar-refractivity contribution in [3.8, 4) is 22.6 Å². The van der Waals surface area contributed by atoms with Gasteiger partial charge in [0.1, 0.15) is 11.5 Å². The van der Waals surface area contributed by atoms with Crippen molar-refractivity contribution in [3.63, 3.8) is 0 Å². The van der Waals surface area contributed by atoms with Crippen LogP contribution in [0, 0.1) is 0 Å². The Balaban J connectivity index is 2.38. The average Bonchev–Trinajstić information content (AvgIpc) is 2.68. The van der Waals surface area contributed by atoms with Gasteiger partial charge in [-0.3, -0.25) is 14.5 Å². The van der Waals surface area contributed by atoms with Gasteiger partial charge in [-0.25, -0.2) is 0 Å². The molecule has 1 N–H and O–H groups in total. The van der Waals surface area contributed by atoms with Crippen LogP contribution in [-0.2, 0) is 7.05 Å². The third-order valence-corrected chi connectivity index (χ3v) is 4.71. The van der Waals surface area contributed by atoms with Gasteiger partial charge in [0.2, 0.25) is 0 Å². The van der Waals surface area contributed by atoms with E-state index >= 15 is 0 Å². The van der Waals surface area contributed by atoms with E-state index in [9.17, 15) is 9.59 Å². The first kappa shape index (κ1) is 18.7. The SMILES string of the molecule is COc1cc(-c2cn(C)c(=O)c3c2=CC(N(C)C)NC=3)cc(OC)c1C=O. The molecule has 0 aliphatic carbocycles. The van der Waals surface area contributed by atoms with Crippen molar-refractivity contribution in [3.05, 3.63) is 44.7 Å². The van der Waals surface area contributed by atoms with Gasteiger partial charge < -0.3 is 19.4 Å². The molecule has 1 unspecified atom stereocenters. The van der Waals surface area contributed by atoms with Gasteiger partial charge in [-0.2, -0.15) is 0 Å². The number of pyridine rings is 1. The molecule has 3 rings (SSSR count). The van der Waals surface area contributed by atoms with Crippen molar-refractivity contribution in [1.29, 1.82) is 0 Å². The van der Waals surface area contributed by atoms with E-state index in [2.05, 4.69) is 5.32 Å². The van der Waals surface area contributed by atoms with E-state index in [1.54, 1.807) is 36.1 Å². The molecule has 142 valence electrons. The second-order valence-corrected chi connectivity index (χ2v) is 6.58. The summed E-state index contributed by atoms with van der Waals surface area (Å²) in [6, 6.07) is 3.57. The van der Waals surface area contributed by atoms with E-state index in [0.717, 1.165) is 16.3 Å². The Labute approximate surface area is 157 Å². The molecular formula is C20H23N3O4. The van der Waals surface area contributed by atoms with Crippen LogP contribution in [0.2, 0.25) is 0 Å². The number of ether oxygens (including phenoxy) is 2. The highest BCUT2D eigenvalue weighted by molar-refractivity contribution is 5.86. The van der Waals surface area contributed by atoms with E-state index in [4.69, 9.17) is 9.47 Å². The van der Waals surface area contributed by atoms with Crippen molar-refractivity contribution in [2.75, 3.05) is 28.3 Å². The number of benzene rings is 1. The number of carbonyl (C=O) groups excluding carboxylic acids is 1. The summed E-state index contributed by atoms with van der Waals surface area (Å²) in [5.41, 5.74) is 1.92. The van der Waals surface area contributed by atoms with Crippen LogP contribution in [0.5, 0.6) is 11.5 Å².